The van der Waals surface area contributed by atoms with Crippen LogP contribution < -0.4 is 0 Å². The van der Waals surface area contributed by atoms with Crippen LogP contribution in [0.15, 0.2) is 36.5 Å². The lowest BCUT2D eigenvalue weighted by atomic mass is 10.1. The second-order valence-electron chi connectivity index (χ2n) is 3.10. The molecule has 1 aromatic heterocycles. The SMILES string of the molecule is CSCc1cccc(-c2ccn[nH]2)c1. The van der Waals surface area contributed by atoms with E-state index < -0.39 is 0 Å². The Kier molecular flexibility index (Phi) is 2.89. The number of thioether (sulfide) groups is 1. The first-order chi connectivity index (χ1) is 6.90. The van der Waals surface area contributed by atoms with Gasteiger partial charge in [-0.3, -0.25) is 5.10 Å². The highest BCUT2D eigenvalue weighted by Gasteiger charge is 1.99. The molecule has 0 aliphatic rings. The molecule has 2 aromatic rings. The van der Waals surface area contributed by atoms with Gasteiger partial charge in [-0.25, -0.2) is 0 Å². The van der Waals surface area contributed by atoms with Gasteiger partial charge < -0.3 is 0 Å². The Balaban J connectivity index is 2.31. The van der Waals surface area contributed by atoms with Crippen LogP contribution in [0.25, 0.3) is 11.3 Å². The van der Waals surface area contributed by atoms with Gasteiger partial charge in [0.25, 0.3) is 0 Å². The third-order valence-electron chi connectivity index (χ3n) is 2.05. The van der Waals surface area contributed by atoms with Gasteiger partial charge in [-0.1, -0.05) is 18.2 Å². The fourth-order valence-electron chi connectivity index (χ4n) is 1.41. The van der Waals surface area contributed by atoms with Gasteiger partial charge in [0, 0.05) is 11.9 Å². The van der Waals surface area contributed by atoms with Crippen molar-refractivity contribution in [2.45, 2.75) is 5.75 Å². The van der Waals surface area contributed by atoms with Crippen molar-refractivity contribution in [3.63, 3.8) is 0 Å². The molecule has 3 heteroatoms. The van der Waals surface area contributed by atoms with Gasteiger partial charge in [0.15, 0.2) is 0 Å². The highest BCUT2D eigenvalue weighted by Crippen LogP contribution is 2.19. The lowest BCUT2D eigenvalue weighted by molar-refractivity contribution is 1.09. The summed E-state index contributed by atoms with van der Waals surface area (Å²) < 4.78 is 0. The van der Waals surface area contributed by atoms with E-state index >= 15 is 0 Å². The third kappa shape index (κ3) is 1.99. The minimum atomic E-state index is 1.06. The number of H-pyrrole nitrogens is 1. The lowest BCUT2D eigenvalue weighted by Gasteiger charge is -2.01. The molecule has 0 fully saturated rings. The topological polar surface area (TPSA) is 28.7 Å². The van der Waals surface area contributed by atoms with E-state index in [-0.39, 0.29) is 0 Å². The first-order valence-electron chi connectivity index (χ1n) is 4.48. The molecule has 0 aliphatic carbocycles. The van der Waals surface area contributed by atoms with E-state index in [1.54, 1.807) is 6.20 Å². The van der Waals surface area contributed by atoms with E-state index in [1.165, 1.54) is 11.1 Å². The van der Waals surface area contributed by atoms with Crippen LogP contribution in [0.5, 0.6) is 0 Å². The minimum absolute atomic E-state index is 1.06. The summed E-state index contributed by atoms with van der Waals surface area (Å²) in [5.74, 6) is 1.06. The smallest absolute Gasteiger partial charge is 0.0650 e. The number of rotatable bonds is 3. The van der Waals surface area contributed by atoms with Crippen molar-refractivity contribution in [3.8, 4) is 11.3 Å². The average molecular weight is 204 g/mol. The molecule has 72 valence electrons. The van der Waals surface area contributed by atoms with E-state index in [4.69, 9.17) is 0 Å². The molecular formula is C11H12N2S. The van der Waals surface area contributed by atoms with Crippen molar-refractivity contribution in [1.82, 2.24) is 10.2 Å². The molecule has 1 N–H and O–H groups in total. The predicted molar refractivity (Wildman–Crippen MR) is 61.2 cm³/mol. The number of nitrogens with zero attached hydrogens (tertiary/aromatic N) is 1. The summed E-state index contributed by atoms with van der Waals surface area (Å²) in [6.45, 7) is 0. The Labute approximate surface area is 87.7 Å². The van der Waals surface area contributed by atoms with Gasteiger partial charge in [-0.2, -0.15) is 16.9 Å². The summed E-state index contributed by atoms with van der Waals surface area (Å²) in [4.78, 5) is 0. The van der Waals surface area contributed by atoms with Crippen LogP contribution in [-0.2, 0) is 5.75 Å². The first-order valence-corrected chi connectivity index (χ1v) is 5.87. The molecule has 0 bridgehead atoms. The molecule has 14 heavy (non-hydrogen) atoms. The van der Waals surface area contributed by atoms with E-state index in [2.05, 4.69) is 40.7 Å². The molecule has 0 spiro atoms. The molecule has 2 nitrogen and oxygen atoms in total. The minimum Gasteiger partial charge on any atom is -0.278 e. The maximum atomic E-state index is 3.94. The molecule has 0 saturated carbocycles. The fourth-order valence-corrected chi connectivity index (χ4v) is 1.92. The van der Waals surface area contributed by atoms with Crippen molar-refractivity contribution >= 4 is 11.8 Å². The zero-order valence-corrected chi connectivity index (χ0v) is 8.84. The van der Waals surface area contributed by atoms with Crippen molar-refractivity contribution in [2.24, 2.45) is 0 Å². The van der Waals surface area contributed by atoms with Crippen LogP contribution in [0.2, 0.25) is 0 Å². The maximum Gasteiger partial charge on any atom is 0.0650 e. The third-order valence-corrected chi connectivity index (χ3v) is 2.67. The van der Waals surface area contributed by atoms with Crippen molar-refractivity contribution in [1.29, 1.82) is 0 Å². The Hall–Kier alpha value is -1.22. The second kappa shape index (κ2) is 4.33. The lowest BCUT2D eigenvalue weighted by Crippen LogP contribution is -1.82. The standard InChI is InChI=1S/C11H12N2S/c1-14-8-9-3-2-4-10(7-9)11-5-6-12-13-11/h2-7H,8H2,1H3,(H,12,13). The zero-order chi connectivity index (χ0) is 9.80. The number of hydrogen-bond acceptors (Lipinski definition) is 2. The average Bonchev–Trinajstić information content (AvgIpc) is 2.71. The Morgan fingerprint density at radius 2 is 2.29 bits per heavy atom. The second-order valence-corrected chi connectivity index (χ2v) is 3.97. The number of nitrogens with one attached hydrogen (secondary N) is 1. The van der Waals surface area contributed by atoms with Gasteiger partial charge >= 0.3 is 0 Å². The van der Waals surface area contributed by atoms with Gasteiger partial charge in [-0.15, -0.1) is 0 Å². The van der Waals surface area contributed by atoms with Crippen LogP contribution in [0.4, 0.5) is 0 Å². The summed E-state index contributed by atoms with van der Waals surface area (Å²) in [7, 11) is 0. The highest BCUT2D eigenvalue weighted by molar-refractivity contribution is 7.97. The Morgan fingerprint density at radius 1 is 1.36 bits per heavy atom. The normalized spacial score (nSPS) is 10.4. The summed E-state index contributed by atoms with van der Waals surface area (Å²) in [5, 5.41) is 6.91. The summed E-state index contributed by atoms with van der Waals surface area (Å²) >= 11 is 1.83. The Morgan fingerprint density at radius 3 is 3.00 bits per heavy atom. The number of benzene rings is 1. The van der Waals surface area contributed by atoms with Crippen molar-refractivity contribution < 1.29 is 0 Å². The number of aromatic nitrogens is 2. The first kappa shape index (κ1) is 9.34. The van der Waals surface area contributed by atoms with Crippen molar-refractivity contribution in [2.75, 3.05) is 6.26 Å². The monoisotopic (exact) mass is 204 g/mol. The van der Waals surface area contributed by atoms with Crippen LogP contribution in [0.1, 0.15) is 5.56 Å². The Bertz CT molecular complexity index is 395. The molecule has 0 radical (unpaired) electrons. The predicted octanol–water partition coefficient (Wildman–Crippen LogP) is 2.94. The van der Waals surface area contributed by atoms with E-state index in [0.717, 1.165) is 11.4 Å². The molecule has 0 unspecified atom stereocenters. The van der Waals surface area contributed by atoms with Gasteiger partial charge in [0.2, 0.25) is 0 Å². The molecule has 0 atom stereocenters. The van der Waals surface area contributed by atoms with E-state index in [1.807, 2.05) is 17.8 Å². The zero-order valence-electron chi connectivity index (χ0n) is 8.03. The van der Waals surface area contributed by atoms with Crippen LogP contribution in [0, 0.1) is 0 Å². The van der Waals surface area contributed by atoms with Crippen molar-refractivity contribution in [3.05, 3.63) is 42.1 Å². The van der Waals surface area contributed by atoms with Gasteiger partial charge in [0.1, 0.15) is 0 Å². The summed E-state index contributed by atoms with van der Waals surface area (Å²) in [6.07, 6.45) is 3.89. The number of hydrogen-bond donors (Lipinski definition) is 1. The quantitative estimate of drug-likeness (QED) is 0.832. The molecule has 0 amide bonds. The molecule has 0 saturated heterocycles. The molecule has 1 aromatic carbocycles. The molecule has 1 heterocycles. The number of aromatic amines is 1. The highest BCUT2D eigenvalue weighted by atomic mass is 32.2. The van der Waals surface area contributed by atoms with E-state index in [9.17, 15) is 0 Å². The van der Waals surface area contributed by atoms with Gasteiger partial charge in [-0.05, 0) is 29.5 Å². The molecule has 2 rings (SSSR count). The largest absolute Gasteiger partial charge is 0.278 e. The maximum absolute atomic E-state index is 3.94. The van der Waals surface area contributed by atoms with Gasteiger partial charge in [0.05, 0.1) is 5.69 Å². The van der Waals surface area contributed by atoms with Crippen LogP contribution >= 0.6 is 11.8 Å². The summed E-state index contributed by atoms with van der Waals surface area (Å²) in [6, 6.07) is 10.5. The van der Waals surface area contributed by atoms with Crippen LogP contribution in [0.3, 0.4) is 0 Å². The summed E-state index contributed by atoms with van der Waals surface area (Å²) in [5.41, 5.74) is 3.63. The fraction of sp³-hybridized carbons (Fsp3) is 0.182. The molecular weight excluding hydrogens is 192 g/mol. The van der Waals surface area contributed by atoms with Crippen LogP contribution in [-0.4, -0.2) is 16.5 Å². The molecule has 0 aliphatic heterocycles. The van der Waals surface area contributed by atoms with E-state index in [0.29, 0.717) is 0 Å².